The number of rotatable bonds is 6. The lowest BCUT2D eigenvalue weighted by atomic mass is 10.1. The van der Waals surface area contributed by atoms with Crippen molar-refractivity contribution < 1.29 is 4.42 Å². The van der Waals surface area contributed by atoms with Gasteiger partial charge in [0.25, 0.3) is 5.22 Å². The summed E-state index contributed by atoms with van der Waals surface area (Å²) in [6.45, 7) is 2.08. The standard InChI is InChI=1S/C18H19N3OS/c1-13-7-9-15(10-8-13)12-23-18-21-20-17(22-18)16(19)11-14-5-3-2-4-6-14/h2-10,16H,11-12,19H2,1H3. The second kappa shape index (κ2) is 7.44. The number of aryl methyl sites for hydroxylation is 1. The lowest BCUT2D eigenvalue weighted by molar-refractivity contribution is 0.385. The number of benzene rings is 2. The Bertz CT molecular complexity index is 740. The Labute approximate surface area is 140 Å². The van der Waals surface area contributed by atoms with Crippen LogP contribution in [0.4, 0.5) is 0 Å². The molecule has 1 atom stereocenters. The fourth-order valence-corrected chi connectivity index (χ4v) is 2.94. The van der Waals surface area contributed by atoms with Crippen LogP contribution >= 0.6 is 11.8 Å². The van der Waals surface area contributed by atoms with E-state index in [0.717, 1.165) is 11.3 Å². The van der Waals surface area contributed by atoms with Gasteiger partial charge in [0.2, 0.25) is 5.89 Å². The molecule has 118 valence electrons. The average Bonchev–Trinajstić information content (AvgIpc) is 3.04. The molecule has 0 aliphatic rings. The maximum atomic E-state index is 6.16. The molecule has 3 rings (SSSR count). The van der Waals surface area contributed by atoms with E-state index in [9.17, 15) is 0 Å². The lowest BCUT2D eigenvalue weighted by Crippen LogP contribution is -2.13. The zero-order chi connectivity index (χ0) is 16.1. The SMILES string of the molecule is Cc1ccc(CSc2nnc(C(N)Cc3ccccc3)o2)cc1. The van der Waals surface area contributed by atoms with Gasteiger partial charge in [0.1, 0.15) is 0 Å². The van der Waals surface area contributed by atoms with Crippen LogP contribution in [0, 0.1) is 6.92 Å². The van der Waals surface area contributed by atoms with Gasteiger partial charge >= 0.3 is 0 Å². The first-order valence-electron chi connectivity index (χ1n) is 7.52. The van der Waals surface area contributed by atoms with E-state index < -0.39 is 0 Å². The summed E-state index contributed by atoms with van der Waals surface area (Å²) in [5.74, 6) is 1.29. The van der Waals surface area contributed by atoms with E-state index in [-0.39, 0.29) is 6.04 Å². The van der Waals surface area contributed by atoms with Gasteiger partial charge in [0, 0.05) is 5.75 Å². The van der Waals surface area contributed by atoms with Gasteiger partial charge in [-0.3, -0.25) is 0 Å². The minimum atomic E-state index is -0.279. The van der Waals surface area contributed by atoms with Crippen molar-refractivity contribution in [2.75, 3.05) is 0 Å². The Kier molecular flexibility index (Phi) is 5.10. The molecule has 0 amide bonds. The van der Waals surface area contributed by atoms with Crippen molar-refractivity contribution in [1.82, 2.24) is 10.2 Å². The molecule has 0 radical (unpaired) electrons. The molecular formula is C18H19N3OS. The third-order valence-corrected chi connectivity index (χ3v) is 4.41. The highest BCUT2D eigenvalue weighted by Gasteiger charge is 2.15. The Balaban J connectivity index is 1.58. The molecule has 4 nitrogen and oxygen atoms in total. The van der Waals surface area contributed by atoms with Gasteiger partial charge < -0.3 is 10.2 Å². The van der Waals surface area contributed by atoms with Gasteiger partial charge in [-0.25, -0.2) is 0 Å². The Hall–Kier alpha value is -2.11. The predicted molar refractivity (Wildman–Crippen MR) is 92.1 cm³/mol. The van der Waals surface area contributed by atoms with E-state index in [0.29, 0.717) is 17.5 Å². The van der Waals surface area contributed by atoms with Gasteiger partial charge in [-0.2, -0.15) is 0 Å². The fraction of sp³-hybridized carbons (Fsp3) is 0.222. The van der Waals surface area contributed by atoms with Crippen LogP contribution in [0.2, 0.25) is 0 Å². The van der Waals surface area contributed by atoms with E-state index in [2.05, 4.69) is 41.4 Å². The highest BCUT2D eigenvalue weighted by Crippen LogP contribution is 2.24. The topological polar surface area (TPSA) is 64.9 Å². The first-order valence-corrected chi connectivity index (χ1v) is 8.50. The fourth-order valence-electron chi connectivity index (χ4n) is 2.21. The van der Waals surface area contributed by atoms with Crippen LogP contribution in [0.5, 0.6) is 0 Å². The van der Waals surface area contributed by atoms with E-state index in [1.807, 2.05) is 30.3 Å². The minimum absolute atomic E-state index is 0.279. The minimum Gasteiger partial charge on any atom is -0.414 e. The highest BCUT2D eigenvalue weighted by molar-refractivity contribution is 7.98. The molecular weight excluding hydrogens is 306 g/mol. The number of nitrogens with zero attached hydrogens (tertiary/aromatic N) is 2. The third-order valence-electron chi connectivity index (χ3n) is 3.52. The zero-order valence-electron chi connectivity index (χ0n) is 13.0. The van der Waals surface area contributed by atoms with Crippen LogP contribution in [-0.4, -0.2) is 10.2 Å². The average molecular weight is 325 g/mol. The van der Waals surface area contributed by atoms with Crippen LogP contribution < -0.4 is 5.73 Å². The number of aromatic nitrogens is 2. The second-order valence-electron chi connectivity index (χ2n) is 5.48. The number of hydrogen-bond acceptors (Lipinski definition) is 5. The summed E-state index contributed by atoms with van der Waals surface area (Å²) in [6.07, 6.45) is 0.686. The first kappa shape index (κ1) is 15.8. The largest absolute Gasteiger partial charge is 0.414 e. The van der Waals surface area contributed by atoms with E-state index in [1.54, 1.807) is 0 Å². The molecule has 0 fully saturated rings. The monoisotopic (exact) mass is 325 g/mol. The van der Waals surface area contributed by atoms with Gasteiger partial charge in [-0.1, -0.05) is 71.9 Å². The summed E-state index contributed by atoms with van der Waals surface area (Å²) in [5.41, 5.74) is 9.80. The van der Waals surface area contributed by atoms with E-state index in [1.165, 1.54) is 22.9 Å². The molecule has 1 unspecified atom stereocenters. The Morgan fingerprint density at radius 1 is 1.00 bits per heavy atom. The van der Waals surface area contributed by atoms with Crippen molar-refractivity contribution >= 4 is 11.8 Å². The summed E-state index contributed by atoms with van der Waals surface area (Å²) in [4.78, 5) is 0. The van der Waals surface area contributed by atoms with Crippen molar-refractivity contribution in [3.63, 3.8) is 0 Å². The zero-order valence-corrected chi connectivity index (χ0v) is 13.8. The molecule has 0 aliphatic heterocycles. The van der Waals surface area contributed by atoms with Gasteiger partial charge in [0.15, 0.2) is 0 Å². The number of hydrogen-bond donors (Lipinski definition) is 1. The van der Waals surface area contributed by atoms with Crippen molar-refractivity contribution in [3.05, 3.63) is 77.2 Å². The van der Waals surface area contributed by atoms with Gasteiger partial charge in [-0.05, 0) is 24.5 Å². The molecule has 2 aromatic carbocycles. The van der Waals surface area contributed by atoms with E-state index in [4.69, 9.17) is 10.2 Å². The van der Waals surface area contributed by atoms with Crippen LogP contribution in [0.15, 0.2) is 64.2 Å². The molecule has 0 spiro atoms. The third kappa shape index (κ3) is 4.43. The first-order chi connectivity index (χ1) is 11.2. The molecule has 2 N–H and O–H groups in total. The highest BCUT2D eigenvalue weighted by atomic mass is 32.2. The van der Waals surface area contributed by atoms with Gasteiger partial charge in [0.05, 0.1) is 6.04 Å². The molecule has 23 heavy (non-hydrogen) atoms. The quantitative estimate of drug-likeness (QED) is 0.696. The molecule has 3 aromatic rings. The molecule has 1 aromatic heterocycles. The summed E-state index contributed by atoms with van der Waals surface area (Å²) in [7, 11) is 0. The van der Waals surface area contributed by atoms with Crippen molar-refractivity contribution in [2.24, 2.45) is 5.73 Å². The molecule has 0 aliphatic carbocycles. The number of nitrogens with two attached hydrogens (primary N) is 1. The van der Waals surface area contributed by atoms with Crippen LogP contribution in [-0.2, 0) is 12.2 Å². The maximum absolute atomic E-state index is 6.16. The second-order valence-corrected chi connectivity index (χ2v) is 6.40. The Morgan fingerprint density at radius 3 is 2.48 bits per heavy atom. The smallest absolute Gasteiger partial charge is 0.276 e. The van der Waals surface area contributed by atoms with E-state index >= 15 is 0 Å². The normalized spacial score (nSPS) is 12.3. The van der Waals surface area contributed by atoms with Crippen LogP contribution in [0.25, 0.3) is 0 Å². The van der Waals surface area contributed by atoms with Crippen LogP contribution in [0.1, 0.15) is 28.6 Å². The lowest BCUT2D eigenvalue weighted by Gasteiger charge is -2.06. The number of thioether (sulfide) groups is 1. The van der Waals surface area contributed by atoms with Crippen molar-refractivity contribution in [3.8, 4) is 0 Å². The molecule has 0 bridgehead atoms. The Morgan fingerprint density at radius 2 is 1.74 bits per heavy atom. The van der Waals surface area contributed by atoms with Crippen molar-refractivity contribution in [1.29, 1.82) is 0 Å². The predicted octanol–water partition coefficient (Wildman–Crippen LogP) is 3.91. The molecule has 0 saturated carbocycles. The summed E-state index contributed by atoms with van der Waals surface area (Å²) in [6, 6.07) is 18.2. The summed E-state index contributed by atoms with van der Waals surface area (Å²) >= 11 is 1.53. The molecule has 0 saturated heterocycles. The molecule has 5 heteroatoms. The maximum Gasteiger partial charge on any atom is 0.276 e. The summed E-state index contributed by atoms with van der Waals surface area (Å²) in [5, 5.41) is 8.71. The van der Waals surface area contributed by atoms with Gasteiger partial charge in [-0.15, -0.1) is 10.2 Å². The summed E-state index contributed by atoms with van der Waals surface area (Å²) < 4.78 is 5.68. The van der Waals surface area contributed by atoms with Crippen molar-refractivity contribution in [2.45, 2.75) is 30.4 Å². The van der Waals surface area contributed by atoms with Crippen LogP contribution in [0.3, 0.4) is 0 Å². The molecule has 1 heterocycles.